The van der Waals surface area contributed by atoms with Crippen molar-refractivity contribution in [3.05, 3.63) is 0 Å². The fourth-order valence-electron chi connectivity index (χ4n) is 0. The van der Waals surface area contributed by atoms with Gasteiger partial charge in [0.15, 0.2) is 17.4 Å². The van der Waals surface area contributed by atoms with Crippen molar-refractivity contribution in [2.75, 3.05) is 0 Å². The van der Waals surface area contributed by atoms with Crippen LogP contribution >= 0.6 is 0 Å². The van der Waals surface area contributed by atoms with Crippen molar-refractivity contribution in [3.8, 4) is 4.37 Å². The minimum Gasteiger partial charge on any atom is 0 e. The van der Waals surface area contributed by atoms with E-state index in [1.807, 2.05) is 0 Å². The Morgan fingerprint density at radius 3 is 1.60 bits per heavy atom. The van der Waals surface area contributed by atoms with E-state index in [0.717, 1.165) is 0 Å². The number of hydrogen-bond donors (Lipinski definition) is 0. The monoisotopic (exact) mass is 156 g/mol. The third-order valence-corrected chi connectivity index (χ3v) is 0. The summed E-state index contributed by atoms with van der Waals surface area (Å²) in [5.41, 5.74) is 0. The molecule has 0 aliphatic rings. The van der Waals surface area contributed by atoms with E-state index < -0.39 is 0 Å². The summed E-state index contributed by atoms with van der Waals surface area (Å²) in [7, 11) is 0. The molecule has 0 aromatic carbocycles. The van der Waals surface area contributed by atoms with Crippen molar-refractivity contribution < 1.29 is 37.8 Å². The van der Waals surface area contributed by atoms with Gasteiger partial charge in [0.1, 0.15) is 0 Å². The molecule has 0 aromatic heterocycles. The van der Waals surface area contributed by atoms with E-state index in [0.29, 0.717) is 0 Å². The Morgan fingerprint density at radius 1 is 1.60 bits per heavy atom. The zero-order valence-electron chi connectivity index (χ0n) is 1.86. The minimum absolute atomic E-state index is 0. The molecule has 0 amide bonds. The molecule has 0 fully saturated rings. The van der Waals surface area contributed by atoms with Crippen LogP contribution in [-0.4, -0.2) is 17.4 Å². The van der Waals surface area contributed by atoms with Crippen LogP contribution in [0.4, 0.5) is 0 Å². The normalized spacial score (nSPS) is 1.20. The van der Waals surface area contributed by atoms with Crippen molar-refractivity contribution in [2.24, 2.45) is 0 Å². The molecular formula is CH3AlCrNTi. The molecule has 5 heavy (non-hydrogen) atoms. The molecule has 0 unspecified atom stereocenters. The molecule has 0 aliphatic heterocycles. The summed E-state index contributed by atoms with van der Waals surface area (Å²) in [6.45, 7) is 0. The Kier molecular flexibility index (Phi) is 60.7. The molecule has 0 spiro atoms. The summed E-state index contributed by atoms with van der Waals surface area (Å²) < 4.78 is 1.75. The summed E-state index contributed by atoms with van der Waals surface area (Å²) in [5.74, 6) is 0. The molecule has 0 bridgehead atoms. The summed E-state index contributed by atoms with van der Waals surface area (Å²) in [5, 5.41) is 7.32. The van der Waals surface area contributed by atoms with Gasteiger partial charge < -0.3 is 0 Å². The number of nitrogens with zero attached hydrogens (tertiary/aromatic N) is 1. The van der Waals surface area contributed by atoms with E-state index in [2.05, 4.69) is 0 Å². The van der Waals surface area contributed by atoms with E-state index >= 15 is 0 Å². The van der Waals surface area contributed by atoms with E-state index in [4.69, 9.17) is 5.26 Å². The molecule has 1 nitrogen and oxygen atoms in total. The maximum Gasteiger partial charge on any atom is 0.187 e. The van der Waals surface area contributed by atoms with Gasteiger partial charge in [0.2, 0.25) is 0 Å². The third kappa shape index (κ3) is 35.0. The van der Waals surface area contributed by atoms with Gasteiger partial charge in [0, 0.05) is 17.4 Å². The van der Waals surface area contributed by atoms with Crippen LogP contribution in [0.5, 0.6) is 0 Å². The predicted molar refractivity (Wildman–Crippen MR) is 15.6 cm³/mol. The van der Waals surface area contributed by atoms with Crippen LogP contribution < -0.4 is 0 Å². The predicted octanol–water partition coefficient (Wildman–Crippen LogP) is -1.17. The second kappa shape index (κ2) is 18.7. The first-order valence-corrected chi connectivity index (χ1v) is 1.25. The second-order valence-corrected chi connectivity index (χ2v) is 0.461. The average Bonchev–Trinajstić information content (AvgIpc) is 0.918. The Hall–Kier alpha value is 1.27. The molecular weight excluding hydrogens is 153 g/mol. The third-order valence-electron chi connectivity index (χ3n) is 0. The first kappa shape index (κ1) is 16.3. The van der Waals surface area contributed by atoms with E-state index in [1.54, 1.807) is 4.37 Å². The van der Waals surface area contributed by atoms with Crippen molar-refractivity contribution in [3.63, 3.8) is 0 Å². The molecule has 0 saturated carbocycles. The molecule has 4 heteroatoms. The molecule has 0 radical (unpaired) electrons. The van der Waals surface area contributed by atoms with Crippen LogP contribution in [-0.2, 0) is 37.8 Å². The zero-order chi connectivity index (χ0) is 2.71. The minimum atomic E-state index is 0. The van der Waals surface area contributed by atoms with Gasteiger partial charge in [-0.25, -0.2) is 0 Å². The van der Waals surface area contributed by atoms with Gasteiger partial charge >= 0.3 is 30.1 Å². The summed E-state index contributed by atoms with van der Waals surface area (Å²) in [4.78, 5) is 0. The SMILES string of the molecule is N#[C][Ti].[AlH3].[Cr]. The molecule has 0 aliphatic carbocycles. The van der Waals surface area contributed by atoms with Gasteiger partial charge in [-0.05, 0) is 0 Å². The van der Waals surface area contributed by atoms with Gasteiger partial charge in [0.25, 0.3) is 0 Å². The second-order valence-electron chi connectivity index (χ2n) is 0.112. The first-order valence-electron chi connectivity index (χ1n) is 0.474. The maximum atomic E-state index is 7.32. The molecule has 0 saturated heterocycles. The van der Waals surface area contributed by atoms with E-state index in [-0.39, 0.29) is 34.7 Å². The quantitative estimate of drug-likeness (QED) is 0.405. The Labute approximate surface area is 64.4 Å². The first-order chi connectivity index (χ1) is 1.41. The smallest absolute Gasteiger partial charge is 0 e. The van der Waals surface area contributed by atoms with Gasteiger partial charge in [-0.2, -0.15) is 0 Å². The topological polar surface area (TPSA) is 23.8 Å². The summed E-state index contributed by atoms with van der Waals surface area (Å²) >= 11 is 1.43. The largest absolute Gasteiger partial charge is 0.187 e. The Balaban J connectivity index is -0.0000000200. The van der Waals surface area contributed by atoms with Crippen LogP contribution in [0.25, 0.3) is 0 Å². The molecule has 0 aromatic rings. The van der Waals surface area contributed by atoms with Gasteiger partial charge in [0.05, 0.1) is 0 Å². The van der Waals surface area contributed by atoms with Crippen molar-refractivity contribution in [2.45, 2.75) is 0 Å². The van der Waals surface area contributed by atoms with Crippen LogP contribution in [0.3, 0.4) is 0 Å². The molecule has 0 rings (SSSR count). The number of rotatable bonds is 0. The standard InChI is InChI=1S/CN.Al.Cr.Ti.3H/c1-2;;;;;;. The fourth-order valence-corrected chi connectivity index (χ4v) is 0. The van der Waals surface area contributed by atoms with Crippen LogP contribution in [0, 0.1) is 9.64 Å². The number of nitriles is 1. The van der Waals surface area contributed by atoms with Crippen LogP contribution in [0.1, 0.15) is 0 Å². The van der Waals surface area contributed by atoms with Crippen LogP contribution in [0.15, 0.2) is 0 Å². The van der Waals surface area contributed by atoms with Crippen molar-refractivity contribution >= 4 is 17.4 Å². The molecule has 0 heterocycles. The molecule has 0 N–H and O–H groups in total. The maximum absolute atomic E-state index is 7.32. The summed E-state index contributed by atoms with van der Waals surface area (Å²) in [6.07, 6.45) is 0. The average molecular weight is 156 g/mol. The molecule has 0 atom stereocenters. The Morgan fingerprint density at radius 2 is 1.60 bits per heavy atom. The van der Waals surface area contributed by atoms with E-state index in [9.17, 15) is 0 Å². The Bertz CT molecular complexity index is 33.1. The number of hydrogen-bond acceptors (Lipinski definition) is 1. The fraction of sp³-hybridized carbons (Fsp3) is 0. The van der Waals surface area contributed by atoms with Crippen molar-refractivity contribution in [1.82, 2.24) is 0 Å². The van der Waals surface area contributed by atoms with Gasteiger partial charge in [-0.1, -0.05) is 0 Å². The van der Waals surface area contributed by atoms with Gasteiger partial charge in [-0.3, -0.25) is 0 Å². The summed E-state index contributed by atoms with van der Waals surface area (Å²) in [6, 6.07) is 0. The van der Waals surface area contributed by atoms with Crippen LogP contribution in [0.2, 0.25) is 0 Å². The molecule has 25 valence electrons. The van der Waals surface area contributed by atoms with E-state index in [1.165, 1.54) is 20.4 Å². The zero-order valence-corrected chi connectivity index (χ0v) is 4.69. The van der Waals surface area contributed by atoms with Gasteiger partial charge in [-0.15, -0.1) is 0 Å². The van der Waals surface area contributed by atoms with Crippen molar-refractivity contribution in [1.29, 1.82) is 5.26 Å².